The van der Waals surface area contributed by atoms with Crippen molar-refractivity contribution in [3.8, 4) is 0 Å². The minimum Gasteiger partial charge on any atom is -0.468 e. The smallest absolute Gasteiger partial charge is 0.323 e. The number of methoxy groups -OCH3 is 1. The number of nitrogens with zero attached hydrogens (tertiary/aromatic N) is 1. The van der Waals surface area contributed by atoms with Gasteiger partial charge in [-0.1, -0.05) is 30.3 Å². The molecule has 132 valence electrons. The monoisotopic (exact) mass is 336 g/mol. The third-order valence-corrected chi connectivity index (χ3v) is 4.23. The Kier molecular flexibility index (Phi) is 6.30. The van der Waals surface area contributed by atoms with E-state index >= 15 is 0 Å². The molecule has 0 saturated carbocycles. The van der Waals surface area contributed by atoms with Gasteiger partial charge < -0.3 is 20.3 Å². The third-order valence-electron chi connectivity index (χ3n) is 4.23. The Balaban J connectivity index is 2.13. The van der Waals surface area contributed by atoms with E-state index in [1.54, 1.807) is 4.90 Å². The SMILES string of the molecule is COC(=O)C(Cc1ccccc1)N1C[C@@H](O)C(NC(C)=O)[C@@H](O)C1. The van der Waals surface area contributed by atoms with E-state index < -0.39 is 30.3 Å². The van der Waals surface area contributed by atoms with E-state index in [0.29, 0.717) is 6.42 Å². The first-order chi connectivity index (χ1) is 11.4. The number of rotatable bonds is 5. The molecular formula is C17H24N2O5. The summed E-state index contributed by atoms with van der Waals surface area (Å²) in [5.74, 6) is -0.739. The van der Waals surface area contributed by atoms with Gasteiger partial charge >= 0.3 is 5.97 Å². The zero-order valence-electron chi connectivity index (χ0n) is 13.9. The number of esters is 1. The van der Waals surface area contributed by atoms with Crippen LogP contribution < -0.4 is 5.32 Å². The number of β-amino-alcohol motifs (C(OH)–C–C–N with tert-alkyl or cyclic N) is 2. The molecule has 0 aliphatic carbocycles. The van der Waals surface area contributed by atoms with E-state index in [4.69, 9.17) is 4.74 Å². The van der Waals surface area contributed by atoms with Gasteiger partial charge in [0.1, 0.15) is 6.04 Å². The van der Waals surface area contributed by atoms with Crippen LogP contribution in [-0.2, 0) is 20.7 Å². The van der Waals surface area contributed by atoms with Crippen molar-refractivity contribution in [2.45, 2.75) is 37.6 Å². The fourth-order valence-corrected chi connectivity index (χ4v) is 3.06. The molecule has 0 radical (unpaired) electrons. The van der Waals surface area contributed by atoms with Crippen molar-refractivity contribution < 1.29 is 24.5 Å². The maximum absolute atomic E-state index is 12.2. The Bertz CT molecular complexity index is 553. The Morgan fingerprint density at radius 1 is 1.25 bits per heavy atom. The Morgan fingerprint density at radius 2 is 1.83 bits per heavy atom. The fraction of sp³-hybridized carbons (Fsp3) is 0.529. The summed E-state index contributed by atoms with van der Waals surface area (Å²) in [7, 11) is 1.32. The highest BCUT2D eigenvalue weighted by molar-refractivity contribution is 5.76. The number of nitrogens with one attached hydrogen (secondary N) is 1. The van der Waals surface area contributed by atoms with Crippen LogP contribution in [-0.4, -0.2) is 71.5 Å². The topological polar surface area (TPSA) is 99.1 Å². The van der Waals surface area contributed by atoms with E-state index in [2.05, 4.69) is 5.32 Å². The quantitative estimate of drug-likeness (QED) is 0.616. The van der Waals surface area contributed by atoms with Crippen molar-refractivity contribution in [3.05, 3.63) is 35.9 Å². The second kappa shape index (κ2) is 8.23. The van der Waals surface area contributed by atoms with Crippen LogP contribution in [0.3, 0.4) is 0 Å². The number of carbonyl (C=O) groups excluding carboxylic acids is 2. The Labute approximate surface area is 141 Å². The molecule has 1 amide bonds. The Hall–Kier alpha value is -1.96. The van der Waals surface area contributed by atoms with Crippen LogP contribution in [0, 0.1) is 0 Å². The van der Waals surface area contributed by atoms with Crippen LogP contribution in [0.25, 0.3) is 0 Å². The summed E-state index contributed by atoms with van der Waals surface area (Å²) in [6.45, 7) is 1.65. The zero-order valence-corrected chi connectivity index (χ0v) is 13.9. The maximum atomic E-state index is 12.2. The number of carbonyl (C=O) groups is 2. The number of amides is 1. The van der Waals surface area contributed by atoms with Crippen molar-refractivity contribution in [2.24, 2.45) is 0 Å². The summed E-state index contributed by atoms with van der Waals surface area (Å²) < 4.78 is 4.89. The molecule has 2 unspecified atom stereocenters. The average molecular weight is 336 g/mol. The first kappa shape index (κ1) is 18.4. The molecule has 3 N–H and O–H groups in total. The van der Waals surface area contributed by atoms with Crippen LogP contribution in [0.1, 0.15) is 12.5 Å². The lowest BCUT2D eigenvalue weighted by Gasteiger charge is -2.42. The molecule has 7 heteroatoms. The molecule has 2 rings (SSSR count). The van der Waals surface area contributed by atoms with Gasteiger partial charge in [-0.2, -0.15) is 0 Å². The molecule has 0 aromatic heterocycles. The fourth-order valence-electron chi connectivity index (χ4n) is 3.06. The van der Waals surface area contributed by atoms with Gasteiger partial charge in [0.15, 0.2) is 0 Å². The normalized spacial score (nSPS) is 25.8. The standard InChI is InChI=1S/C17H24N2O5/c1-11(20)18-16-14(21)9-19(10-15(16)22)13(17(23)24-2)8-12-6-4-3-5-7-12/h3-7,13-16,21-22H,8-10H2,1-2H3,(H,18,20)/t13?,14-,15+,16?. The lowest BCUT2D eigenvalue weighted by Crippen LogP contribution is -2.64. The number of aliphatic hydroxyl groups is 2. The molecule has 0 bridgehead atoms. The molecule has 1 fully saturated rings. The molecule has 1 aliphatic heterocycles. The number of hydrogen-bond acceptors (Lipinski definition) is 6. The van der Waals surface area contributed by atoms with Gasteiger partial charge in [-0.3, -0.25) is 14.5 Å². The number of aliphatic hydroxyl groups excluding tert-OH is 2. The van der Waals surface area contributed by atoms with Crippen molar-refractivity contribution in [1.82, 2.24) is 10.2 Å². The van der Waals surface area contributed by atoms with Gasteiger partial charge in [0, 0.05) is 20.0 Å². The van der Waals surface area contributed by atoms with E-state index in [-0.39, 0.29) is 19.0 Å². The average Bonchev–Trinajstić information content (AvgIpc) is 2.56. The minimum atomic E-state index is -0.972. The molecular weight excluding hydrogens is 312 g/mol. The minimum absolute atomic E-state index is 0.161. The second-order valence-electron chi connectivity index (χ2n) is 6.04. The first-order valence-electron chi connectivity index (χ1n) is 7.91. The number of likely N-dealkylation sites (tertiary alicyclic amines) is 1. The number of benzene rings is 1. The van der Waals surface area contributed by atoms with Gasteiger partial charge in [-0.15, -0.1) is 0 Å². The van der Waals surface area contributed by atoms with Gasteiger partial charge in [0.05, 0.1) is 25.4 Å². The first-order valence-corrected chi connectivity index (χ1v) is 7.91. The molecule has 1 saturated heterocycles. The Morgan fingerprint density at radius 3 is 2.33 bits per heavy atom. The van der Waals surface area contributed by atoms with Crippen LogP contribution in [0.4, 0.5) is 0 Å². The number of hydrogen-bond donors (Lipinski definition) is 3. The summed E-state index contributed by atoms with van der Waals surface area (Å²) in [5, 5.41) is 23.1. The summed E-state index contributed by atoms with van der Waals surface area (Å²) >= 11 is 0. The van der Waals surface area contributed by atoms with Gasteiger partial charge in [-0.05, 0) is 12.0 Å². The largest absolute Gasteiger partial charge is 0.468 e. The van der Waals surface area contributed by atoms with Crippen LogP contribution in [0.15, 0.2) is 30.3 Å². The molecule has 1 heterocycles. The highest BCUT2D eigenvalue weighted by Crippen LogP contribution is 2.18. The maximum Gasteiger partial charge on any atom is 0.323 e. The lowest BCUT2D eigenvalue weighted by molar-refractivity contribution is -0.151. The van der Waals surface area contributed by atoms with Crippen LogP contribution >= 0.6 is 0 Å². The van der Waals surface area contributed by atoms with Gasteiger partial charge in [-0.25, -0.2) is 0 Å². The summed E-state index contributed by atoms with van der Waals surface area (Å²) in [5.41, 5.74) is 0.959. The summed E-state index contributed by atoms with van der Waals surface area (Å²) in [6.07, 6.45) is -1.53. The predicted molar refractivity (Wildman–Crippen MR) is 87.1 cm³/mol. The molecule has 24 heavy (non-hydrogen) atoms. The van der Waals surface area contributed by atoms with E-state index in [1.807, 2.05) is 30.3 Å². The molecule has 4 atom stereocenters. The number of piperidine rings is 1. The molecule has 1 aromatic rings. The third kappa shape index (κ3) is 4.53. The molecule has 7 nitrogen and oxygen atoms in total. The van der Waals surface area contributed by atoms with Crippen molar-refractivity contribution >= 4 is 11.9 Å². The zero-order chi connectivity index (χ0) is 17.7. The van der Waals surface area contributed by atoms with Crippen LogP contribution in [0.5, 0.6) is 0 Å². The highest BCUT2D eigenvalue weighted by Gasteiger charge is 2.40. The van der Waals surface area contributed by atoms with E-state index in [1.165, 1.54) is 14.0 Å². The molecule has 1 aliphatic rings. The summed E-state index contributed by atoms with van der Waals surface area (Å²) in [4.78, 5) is 25.1. The second-order valence-corrected chi connectivity index (χ2v) is 6.04. The van der Waals surface area contributed by atoms with Gasteiger partial charge in [0.2, 0.25) is 5.91 Å². The number of ether oxygens (including phenoxy) is 1. The summed E-state index contributed by atoms with van der Waals surface area (Å²) in [6, 6.07) is 8.13. The highest BCUT2D eigenvalue weighted by atomic mass is 16.5. The van der Waals surface area contributed by atoms with Crippen LogP contribution in [0.2, 0.25) is 0 Å². The van der Waals surface area contributed by atoms with Crippen molar-refractivity contribution in [3.63, 3.8) is 0 Å². The molecule has 1 aromatic carbocycles. The molecule has 0 spiro atoms. The van der Waals surface area contributed by atoms with Crippen molar-refractivity contribution in [2.75, 3.05) is 20.2 Å². The lowest BCUT2D eigenvalue weighted by atomic mass is 9.95. The predicted octanol–water partition coefficient (Wildman–Crippen LogP) is -0.687. The van der Waals surface area contributed by atoms with E-state index in [9.17, 15) is 19.8 Å². The van der Waals surface area contributed by atoms with Crippen molar-refractivity contribution in [1.29, 1.82) is 0 Å². The van der Waals surface area contributed by atoms with E-state index in [0.717, 1.165) is 5.56 Å². The van der Waals surface area contributed by atoms with Gasteiger partial charge in [0.25, 0.3) is 0 Å².